The Morgan fingerprint density at radius 1 is 1.32 bits per heavy atom. The predicted molar refractivity (Wildman–Crippen MR) is 76.3 cm³/mol. The average molecular weight is 260 g/mol. The van der Waals surface area contributed by atoms with E-state index in [1.807, 2.05) is 18.3 Å². The van der Waals surface area contributed by atoms with Gasteiger partial charge in [-0.05, 0) is 24.5 Å². The molecule has 1 N–H and O–H groups in total. The Balaban J connectivity index is 2.06. The summed E-state index contributed by atoms with van der Waals surface area (Å²) in [5, 5.41) is 1.23. The molecule has 1 amide bonds. The first-order valence-corrected chi connectivity index (χ1v) is 6.64. The van der Waals surface area contributed by atoms with Crippen LogP contribution in [-0.2, 0) is 11.2 Å². The van der Waals surface area contributed by atoms with Crippen molar-refractivity contribution in [3.05, 3.63) is 36.0 Å². The van der Waals surface area contributed by atoms with E-state index in [2.05, 4.69) is 24.0 Å². The number of methoxy groups -OCH3 is 1. The zero-order chi connectivity index (χ0) is 13.7. The molecule has 0 aliphatic rings. The summed E-state index contributed by atoms with van der Waals surface area (Å²) in [5.74, 6) is 0. The third-order valence-corrected chi connectivity index (χ3v) is 3.25. The molecular formula is C15H20N2O2. The predicted octanol–water partition coefficient (Wildman–Crippen LogP) is 3.19. The van der Waals surface area contributed by atoms with E-state index < -0.39 is 0 Å². The van der Waals surface area contributed by atoms with Gasteiger partial charge < -0.3 is 14.6 Å². The molecule has 0 aliphatic heterocycles. The molecule has 1 aromatic carbocycles. The summed E-state index contributed by atoms with van der Waals surface area (Å²) in [4.78, 5) is 16.6. The van der Waals surface area contributed by atoms with Crippen molar-refractivity contribution in [2.45, 2.75) is 19.8 Å². The number of H-pyrrole nitrogens is 1. The van der Waals surface area contributed by atoms with Crippen molar-refractivity contribution in [1.82, 2.24) is 9.88 Å². The van der Waals surface area contributed by atoms with E-state index >= 15 is 0 Å². The zero-order valence-corrected chi connectivity index (χ0v) is 11.5. The number of hydrogen-bond acceptors (Lipinski definition) is 2. The topological polar surface area (TPSA) is 45.3 Å². The Kier molecular flexibility index (Phi) is 4.44. The summed E-state index contributed by atoms with van der Waals surface area (Å²) in [6.07, 6.45) is 3.54. The molecule has 102 valence electrons. The number of hydrogen-bond donors (Lipinski definition) is 1. The number of carbonyl (C=O) groups is 1. The number of amides is 1. The smallest absolute Gasteiger partial charge is 0.409 e. The van der Waals surface area contributed by atoms with E-state index in [1.54, 1.807) is 4.90 Å². The molecule has 19 heavy (non-hydrogen) atoms. The highest BCUT2D eigenvalue weighted by atomic mass is 16.5. The summed E-state index contributed by atoms with van der Waals surface area (Å²) < 4.78 is 4.80. The highest BCUT2D eigenvalue weighted by molar-refractivity contribution is 5.83. The van der Waals surface area contributed by atoms with Gasteiger partial charge in [0, 0.05) is 30.2 Å². The lowest BCUT2D eigenvalue weighted by Gasteiger charge is -2.20. The SMILES string of the molecule is CCCN(CCc1c[nH]c2ccccc12)C(=O)OC. The number of nitrogens with one attached hydrogen (secondary N) is 1. The van der Waals surface area contributed by atoms with Gasteiger partial charge in [0.15, 0.2) is 0 Å². The lowest BCUT2D eigenvalue weighted by atomic mass is 10.1. The molecule has 0 fully saturated rings. The minimum absolute atomic E-state index is 0.248. The first kappa shape index (κ1) is 13.5. The summed E-state index contributed by atoms with van der Waals surface area (Å²) in [7, 11) is 1.43. The molecule has 1 heterocycles. The first-order valence-electron chi connectivity index (χ1n) is 6.64. The van der Waals surface area contributed by atoms with Crippen LogP contribution >= 0.6 is 0 Å². The second-order valence-corrected chi connectivity index (χ2v) is 4.57. The fourth-order valence-electron chi connectivity index (χ4n) is 2.29. The lowest BCUT2D eigenvalue weighted by Crippen LogP contribution is -2.33. The Bertz CT molecular complexity index is 548. The Morgan fingerprint density at radius 3 is 2.84 bits per heavy atom. The first-order chi connectivity index (χ1) is 9.26. The second kappa shape index (κ2) is 6.27. The molecule has 0 radical (unpaired) electrons. The molecule has 2 aromatic rings. The molecule has 0 bridgehead atoms. The molecule has 4 nitrogen and oxygen atoms in total. The van der Waals surface area contributed by atoms with Crippen LogP contribution in [0.1, 0.15) is 18.9 Å². The normalized spacial score (nSPS) is 10.6. The maximum atomic E-state index is 11.6. The number of aromatic amines is 1. The van der Waals surface area contributed by atoms with Crippen LogP contribution in [0.2, 0.25) is 0 Å². The minimum atomic E-state index is -0.248. The highest BCUT2D eigenvalue weighted by Crippen LogP contribution is 2.18. The van der Waals surface area contributed by atoms with E-state index in [4.69, 9.17) is 4.74 Å². The number of ether oxygens (including phenoxy) is 1. The van der Waals surface area contributed by atoms with Crippen molar-refractivity contribution >= 4 is 17.0 Å². The van der Waals surface area contributed by atoms with Gasteiger partial charge in [-0.15, -0.1) is 0 Å². The van der Waals surface area contributed by atoms with Gasteiger partial charge in [-0.2, -0.15) is 0 Å². The standard InChI is InChI=1S/C15H20N2O2/c1-3-9-17(15(18)19-2)10-8-12-11-16-14-7-5-4-6-13(12)14/h4-7,11,16H,3,8-10H2,1-2H3. The number of nitrogens with zero attached hydrogens (tertiary/aromatic N) is 1. The van der Waals surface area contributed by atoms with Crippen LogP contribution in [-0.4, -0.2) is 36.2 Å². The van der Waals surface area contributed by atoms with E-state index in [-0.39, 0.29) is 6.09 Å². The van der Waals surface area contributed by atoms with Crippen LogP contribution in [0.4, 0.5) is 4.79 Å². The van der Waals surface area contributed by atoms with Crippen molar-refractivity contribution < 1.29 is 9.53 Å². The zero-order valence-electron chi connectivity index (χ0n) is 11.5. The second-order valence-electron chi connectivity index (χ2n) is 4.57. The Labute approximate surface area is 113 Å². The largest absolute Gasteiger partial charge is 0.453 e. The fraction of sp³-hybridized carbons (Fsp3) is 0.400. The van der Waals surface area contributed by atoms with E-state index in [0.29, 0.717) is 6.54 Å². The maximum Gasteiger partial charge on any atom is 0.409 e. The minimum Gasteiger partial charge on any atom is -0.453 e. The molecule has 0 spiro atoms. The number of para-hydroxylation sites is 1. The summed E-state index contributed by atoms with van der Waals surface area (Å²) in [6, 6.07) is 8.21. The summed E-state index contributed by atoms with van der Waals surface area (Å²) in [6.45, 7) is 3.47. The average Bonchev–Trinajstić information content (AvgIpc) is 2.86. The molecule has 1 aromatic heterocycles. The van der Waals surface area contributed by atoms with Gasteiger partial charge in [0.1, 0.15) is 0 Å². The maximum absolute atomic E-state index is 11.6. The highest BCUT2D eigenvalue weighted by Gasteiger charge is 2.13. The Hall–Kier alpha value is -1.97. The molecule has 0 unspecified atom stereocenters. The van der Waals surface area contributed by atoms with E-state index in [0.717, 1.165) is 24.9 Å². The third-order valence-electron chi connectivity index (χ3n) is 3.25. The monoisotopic (exact) mass is 260 g/mol. The van der Waals surface area contributed by atoms with Gasteiger partial charge in [-0.3, -0.25) is 0 Å². The van der Waals surface area contributed by atoms with Gasteiger partial charge in [0.2, 0.25) is 0 Å². The fourth-order valence-corrected chi connectivity index (χ4v) is 2.29. The van der Waals surface area contributed by atoms with Gasteiger partial charge in [0.05, 0.1) is 7.11 Å². The molecule has 4 heteroatoms. The molecule has 0 atom stereocenters. The molecule has 0 saturated carbocycles. The number of rotatable bonds is 5. The van der Waals surface area contributed by atoms with Crippen LogP contribution in [0.25, 0.3) is 10.9 Å². The lowest BCUT2D eigenvalue weighted by molar-refractivity contribution is 0.124. The summed E-state index contributed by atoms with van der Waals surface area (Å²) in [5.41, 5.74) is 2.37. The van der Waals surface area contributed by atoms with Crippen molar-refractivity contribution in [3.63, 3.8) is 0 Å². The van der Waals surface area contributed by atoms with Gasteiger partial charge in [0.25, 0.3) is 0 Å². The van der Waals surface area contributed by atoms with Crippen LogP contribution in [0.3, 0.4) is 0 Å². The quantitative estimate of drug-likeness (QED) is 0.897. The van der Waals surface area contributed by atoms with Gasteiger partial charge >= 0.3 is 6.09 Å². The van der Waals surface area contributed by atoms with Crippen molar-refractivity contribution in [1.29, 1.82) is 0 Å². The third kappa shape index (κ3) is 3.08. The number of aromatic nitrogens is 1. The molecular weight excluding hydrogens is 240 g/mol. The van der Waals surface area contributed by atoms with Crippen LogP contribution in [0.15, 0.2) is 30.5 Å². The molecule has 0 saturated heterocycles. The van der Waals surface area contributed by atoms with E-state index in [1.165, 1.54) is 18.1 Å². The number of benzene rings is 1. The van der Waals surface area contributed by atoms with Gasteiger partial charge in [-0.1, -0.05) is 25.1 Å². The van der Waals surface area contributed by atoms with Crippen molar-refractivity contribution in [2.24, 2.45) is 0 Å². The van der Waals surface area contributed by atoms with E-state index in [9.17, 15) is 4.79 Å². The molecule has 2 rings (SSSR count). The Morgan fingerprint density at radius 2 is 2.11 bits per heavy atom. The van der Waals surface area contributed by atoms with Crippen molar-refractivity contribution in [2.75, 3.05) is 20.2 Å². The van der Waals surface area contributed by atoms with Crippen LogP contribution < -0.4 is 0 Å². The molecule has 0 aliphatic carbocycles. The van der Waals surface area contributed by atoms with Gasteiger partial charge in [-0.25, -0.2) is 4.79 Å². The van der Waals surface area contributed by atoms with Crippen LogP contribution in [0.5, 0.6) is 0 Å². The summed E-state index contributed by atoms with van der Waals surface area (Å²) >= 11 is 0. The number of carbonyl (C=O) groups excluding carboxylic acids is 1. The van der Waals surface area contributed by atoms with Crippen molar-refractivity contribution in [3.8, 4) is 0 Å². The van der Waals surface area contributed by atoms with Crippen LogP contribution in [0, 0.1) is 0 Å². The number of fused-ring (bicyclic) bond motifs is 1.